The molecule has 0 fully saturated rings. The van der Waals surface area contributed by atoms with Crippen molar-refractivity contribution in [2.45, 2.75) is 54.1 Å². The van der Waals surface area contributed by atoms with Crippen molar-refractivity contribution >= 4 is 11.8 Å². The summed E-state index contributed by atoms with van der Waals surface area (Å²) in [4.78, 5) is 22.8. The number of nitrogens with zero attached hydrogens (tertiary/aromatic N) is 1. The summed E-state index contributed by atoms with van der Waals surface area (Å²) in [6.07, 6.45) is 7.34. The van der Waals surface area contributed by atoms with Gasteiger partial charge in [0.05, 0.1) is 17.6 Å². The Hall–Kier alpha value is -3.71. The minimum absolute atomic E-state index is 0.0659. The van der Waals surface area contributed by atoms with Crippen molar-refractivity contribution in [3.05, 3.63) is 108 Å². The fourth-order valence-electron chi connectivity index (χ4n) is 3.90. The highest BCUT2D eigenvalue weighted by molar-refractivity contribution is 5.57. The lowest BCUT2D eigenvalue weighted by molar-refractivity contribution is -0.384. The summed E-state index contributed by atoms with van der Waals surface area (Å²) in [6.45, 7) is 11.1. The molecular formula is C28H33NO6. The van der Waals surface area contributed by atoms with E-state index < -0.39 is 11.0 Å². The zero-order valence-corrected chi connectivity index (χ0v) is 21.3. The molecule has 7 nitrogen and oxygen atoms in total. The Morgan fingerprint density at radius 1 is 1.03 bits per heavy atom. The van der Waals surface area contributed by atoms with Gasteiger partial charge in [-0.15, -0.1) is 0 Å². The van der Waals surface area contributed by atoms with Gasteiger partial charge in [0.25, 0.3) is 11.6 Å². The number of nitro groups is 1. The van der Waals surface area contributed by atoms with E-state index in [2.05, 4.69) is 0 Å². The Morgan fingerprint density at radius 3 is 2.17 bits per heavy atom. The van der Waals surface area contributed by atoms with E-state index in [4.69, 9.17) is 9.15 Å². The highest BCUT2D eigenvalue weighted by Gasteiger charge is 2.20. The van der Waals surface area contributed by atoms with Crippen molar-refractivity contribution in [2.75, 3.05) is 7.11 Å². The molecule has 0 saturated carbocycles. The Morgan fingerprint density at radius 2 is 1.60 bits per heavy atom. The van der Waals surface area contributed by atoms with Crippen LogP contribution in [0.5, 0.6) is 5.95 Å². The zero-order valence-electron chi connectivity index (χ0n) is 21.3. The average Bonchev–Trinajstić information content (AvgIpc) is 2.77. The molecule has 0 radical (unpaired) electrons. The van der Waals surface area contributed by atoms with Crippen LogP contribution in [0.3, 0.4) is 0 Å². The minimum Gasteiger partial charge on any atom is -0.468 e. The predicted octanol–water partition coefficient (Wildman–Crippen LogP) is 6.54. The number of methoxy groups -OCH3 is 1. The number of hydrogen-bond donors (Lipinski definition) is 1. The second-order valence-corrected chi connectivity index (χ2v) is 8.76. The molecule has 0 spiro atoms. The predicted molar refractivity (Wildman–Crippen MR) is 139 cm³/mol. The molecular weight excluding hydrogens is 446 g/mol. The van der Waals surface area contributed by atoms with E-state index in [-0.39, 0.29) is 22.8 Å². The van der Waals surface area contributed by atoms with Crippen LogP contribution in [0.2, 0.25) is 0 Å². The summed E-state index contributed by atoms with van der Waals surface area (Å²) >= 11 is 0. The van der Waals surface area contributed by atoms with Crippen molar-refractivity contribution in [1.29, 1.82) is 0 Å². The van der Waals surface area contributed by atoms with E-state index in [1.165, 1.54) is 19.2 Å². The van der Waals surface area contributed by atoms with Gasteiger partial charge in [-0.3, -0.25) is 14.9 Å². The summed E-state index contributed by atoms with van der Waals surface area (Å²) in [5.41, 5.74) is 5.50. The maximum Gasteiger partial charge on any atom is 0.291 e. The number of aliphatic hydroxyl groups excluding tert-OH is 1. The van der Waals surface area contributed by atoms with Gasteiger partial charge in [-0.25, -0.2) is 0 Å². The van der Waals surface area contributed by atoms with E-state index in [1.54, 1.807) is 26.0 Å². The number of benzene rings is 1. The van der Waals surface area contributed by atoms with E-state index in [0.29, 0.717) is 17.5 Å². The topological polar surface area (TPSA) is 103 Å². The van der Waals surface area contributed by atoms with Crippen molar-refractivity contribution in [1.82, 2.24) is 0 Å². The second-order valence-electron chi connectivity index (χ2n) is 8.76. The van der Waals surface area contributed by atoms with Crippen LogP contribution in [0.1, 0.15) is 62.7 Å². The van der Waals surface area contributed by atoms with Gasteiger partial charge in [-0.05, 0) is 59.2 Å². The van der Waals surface area contributed by atoms with Crippen LogP contribution in [-0.2, 0) is 0 Å². The fraction of sp³-hybridized carbons (Fsp3) is 0.321. The second kappa shape index (κ2) is 12.1. The molecule has 1 aromatic heterocycles. The molecule has 0 aliphatic heterocycles. The standard InChI is InChI=1S/C28H33NO6/c1-17(13-19(3)15-23-8-10-24(11-9-23)29(32)33)12-18(2)14-20(4)16-25(30)27-21(5)26(31)22(6)28(34-7)35-27/h8-15,25,30H,16H2,1-7H3/b17-13+,18-12+,19-15+,20-14+/t25-/m1/s1. The van der Waals surface area contributed by atoms with Crippen LogP contribution in [-0.4, -0.2) is 17.1 Å². The monoisotopic (exact) mass is 479 g/mol. The van der Waals surface area contributed by atoms with Crippen LogP contribution in [0.25, 0.3) is 6.08 Å². The normalized spacial score (nSPS) is 14.2. The van der Waals surface area contributed by atoms with E-state index in [9.17, 15) is 20.0 Å². The third-order valence-electron chi connectivity index (χ3n) is 5.45. The summed E-state index contributed by atoms with van der Waals surface area (Å²) in [5, 5.41) is 21.5. The first-order chi connectivity index (χ1) is 16.4. The first kappa shape index (κ1) is 27.5. The number of ether oxygens (including phenoxy) is 1. The van der Waals surface area contributed by atoms with E-state index >= 15 is 0 Å². The largest absolute Gasteiger partial charge is 0.468 e. The average molecular weight is 480 g/mol. The Kier molecular flexibility index (Phi) is 9.54. The van der Waals surface area contributed by atoms with Gasteiger partial charge in [0.1, 0.15) is 11.9 Å². The third-order valence-corrected chi connectivity index (χ3v) is 5.45. The van der Waals surface area contributed by atoms with Crippen LogP contribution in [0, 0.1) is 24.0 Å². The summed E-state index contributed by atoms with van der Waals surface area (Å²) in [5.74, 6) is 0.334. The number of nitro benzene ring substituents is 1. The van der Waals surface area contributed by atoms with Gasteiger partial charge < -0.3 is 14.3 Å². The number of non-ortho nitro benzene ring substituents is 1. The molecule has 1 N–H and O–H groups in total. The minimum atomic E-state index is -0.968. The third kappa shape index (κ3) is 7.65. The molecule has 0 aliphatic carbocycles. The summed E-state index contributed by atoms with van der Waals surface area (Å²) in [6, 6.07) is 6.41. The lowest BCUT2D eigenvalue weighted by atomic mass is 10.0. The molecule has 0 aliphatic rings. The quantitative estimate of drug-likeness (QED) is 0.249. The maximum absolute atomic E-state index is 12.4. The molecule has 2 aromatic rings. The molecule has 7 heteroatoms. The fourth-order valence-corrected chi connectivity index (χ4v) is 3.90. The maximum atomic E-state index is 12.4. The SMILES string of the molecule is COc1oc([C@H](O)C/C(C)=C/C(C)=C/C(C)=C/C(C)=C/c2ccc([N+](=O)[O-])cc2)c(C)c(=O)c1C. The first-order valence-corrected chi connectivity index (χ1v) is 11.3. The van der Waals surface area contributed by atoms with E-state index in [0.717, 1.165) is 27.9 Å². The van der Waals surface area contributed by atoms with Crippen molar-refractivity contribution in [3.63, 3.8) is 0 Å². The van der Waals surface area contributed by atoms with E-state index in [1.807, 2.05) is 52.0 Å². The smallest absolute Gasteiger partial charge is 0.291 e. The van der Waals surface area contributed by atoms with Gasteiger partial charge in [0.15, 0.2) is 5.43 Å². The van der Waals surface area contributed by atoms with Crippen molar-refractivity contribution in [2.24, 2.45) is 0 Å². The Bertz CT molecular complexity index is 1260. The van der Waals surface area contributed by atoms with Gasteiger partial charge in [-0.1, -0.05) is 46.6 Å². The summed E-state index contributed by atoms with van der Waals surface area (Å²) < 4.78 is 10.8. The van der Waals surface area contributed by atoms with Gasteiger partial charge in [0.2, 0.25) is 0 Å². The Balaban J connectivity index is 2.14. The first-order valence-electron chi connectivity index (χ1n) is 11.3. The molecule has 0 amide bonds. The zero-order chi connectivity index (χ0) is 26.3. The van der Waals surface area contributed by atoms with Crippen molar-refractivity contribution < 1.29 is 19.2 Å². The number of allylic oxidation sites excluding steroid dienone is 6. The van der Waals surface area contributed by atoms with Crippen molar-refractivity contribution in [3.8, 4) is 5.95 Å². The molecule has 186 valence electrons. The van der Waals surface area contributed by atoms with Crippen LogP contribution >= 0.6 is 0 Å². The van der Waals surface area contributed by atoms with Crippen LogP contribution in [0.15, 0.2) is 74.0 Å². The molecule has 1 atom stereocenters. The number of hydrogen-bond acceptors (Lipinski definition) is 6. The Labute approximate surface area is 205 Å². The van der Waals surface area contributed by atoms with Gasteiger partial charge in [-0.2, -0.15) is 0 Å². The molecule has 1 aromatic carbocycles. The van der Waals surface area contributed by atoms with Gasteiger partial charge in [0, 0.05) is 24.1 Å². The molecule has 0 unspecified atom stereocenters. The number of rotatable bonds is 9. The van der Waals surface area contributed by atoms with Crippen LogP contribution < -0.4 is 10.2 Å². The molecule has 35 heavy (non-hydrogen) atoms. The van der Waals surface area contributed by atoms with Gasteiger partial charge >= 0.3 is 0 Å². The lowest BCUT2D eigenvalue weighted by Gasteiger charge is -2.15. The highest BCUT2D eigenvalue weighted by Crippen LogP contribution is 2.28. The molecule has 1 heterocycles. The van der Waals surface area contributed by atoms with Crippen LogP contribution in [0.4, 0.5) is 5.69 Å². The molecule has 2 rings (SSSR count). The molecule has 0 bridgehead atoms. The highest BCUT2D eigenvalue weighted by atomic mass is 16.6. The number of aliphatic hydroxyl groups is 1. The molecule has 0 saturated heterocycles. The summed E-state index contributed by atoms with van der Waals surface area (Å²) in [7, 11) is 1.43. The lowest BCUT2D eigenvalue weighted by Crippen LogP contribution is -2.15.